The van der Waals surface area contributed by atoms with Gasteiger partial charge in [-0.15, -0.1) is 11.3 Å². The number of thiophene rings is 1. The number of hydrogen-bond acceptors (Lipinski definition) is 5. The van der Waals surface area contributed by atoms with E-state index in [0.717, 1.165) is 24.3 Å². The van der Waals surface area contributed by atoms with Gasteiger partial charge >= 0.3 is 0 Å². The minimum absolute atomic E-state index is 0.0582. The summed E-state index contributed by atoms with van der Waals surface area (Å²) >= 11 is 6.75. The Kier molecular flexibility index (Phi) is 7.78. The Labute approximate surface area is 141 Å². The smallest absolute Gasteiger partial charge is 0.250 e. The van der Waals surface area contributed by atoms with Crippen molar-refractivity contribution in [3.63, 3.8) is 0 Å². The third kappa shape index (κ3) is 6.62. The summed E-state index contributed by atoms with van der Waals surface area (Å²) < 4.78 is 27.2. The topological polar surface area (TPSA) is 69.7 Å². The molecule has 0 unspecified atom stereocenters. The van der Waals surface area contributed by atoms with Gasteiger partial charge in [0.15, 0.2) is 0 Å². The maximum absolute atomic E-state index is 12.0. The molecular formula is C13H22ClN3O3S2. The molecule has 0 bridgehead atoms. The summed E-state index contributed by atoms with van der Waals surface area (Å²) in [5, 5.41) is 0. The van der Waals surface area contributed by atoms with E-state index in [1.807, 2.05) is 19.0 Å². The predicted molar refractivity (Wildman–Crippen MR) is 89.9 cm³/mol. The number of carbonyl (C=O) groups excluding carboxylic acids is 1. The second-order valence-corrected chi connectivity index (χ2v) is 8.83. The molecule has 1 N–H and O–H groups in total. The molecule has 0 saturated carbocycles. The Balaban J connectivity index is 2.47. The summed E-state index contributed by atoms with van der Waals surface area (Å²) in [6, 6.07) is 3.01. The van der Waals surface area contributed by atoms with Gasteiger partial charge in [-0.1, -0.05) is 11.6 Å². The molecule has 22 heavy (non-hydrogen) atoms. The van der Waals surface area contributed by atoms with E-state index in [1.54, 1.807) is 11.0 Å². The minimum atomic E-state index is -3.56. The van der Waals surface area contributed by atoms with E-state index in [1.165, 1.54) is 13.0 Å². The molecule has 0 spiro atoms. The number of halogens is 1. The van der Waals surface area contributed by atoms with Gasteiger partial charge in [0.1, 0.15) is 4.21 Å². The highest BCUT2D eigenvalue weighted by Gasteiger charge is 2.17. The maximum Gasteiger partial charge on any atom is 0.250 e. The van der Waals surface area contributed by atoms with Crippen LogP contribution in [0.5, 0.6) is 0 Å². The van der Waals surface area contributed by atoms with Crippen LogP contribution in [0.25, 0.3) is 0 Å². The van der Waals surface area contributed by atoms with Crippen molar-refractivity contribution in [2.24, 2.45) is 0 Å². The summed E-state index contributed by atoms with van der Waals surface area (Å²) in [4.78, 5) is 15.3. The Morgan fingerprint density at radius 2 is 1.95 bits per heavy atom. The molecule has 0 radical (unpaired) electrons. The molecule has 0 aliphatic heterocycles. The SMILES string of the molecule is CC(=O)N(CCCN(C)C)CCNS(=O)(=O)c1ccc(Cl)s1. The van der Waals surface area contributed by atoms with E-state index in [2.05, 4.69) is 4.72 Å². The summed E-state index contributed by atoms with van der Waals surface area (Å²) in [6.07, 6.45) is 0.847. The third-order valence-electron chi connectivity index (χ3n) is 2.97. The van der Waals surface area contributed by atoms with Gasteiger partial charge in [-0.25, -0.2) is 13.1 Å². The average molecular weight is 368 g/mol. The lowest BCUT2D eigenvalue weighted by Crippen LogP contribution is -2.38. The number of amides is 1. The zero-order chi connectivity index (χ0) is 16.8. The quantitative estimate of drug-likeness (QED) is 0.717. The molecule has 6 nitrogen and oxygen atoms in total. The minimum Gasteiger partial charge on any atom is -0.342 e. The Morgan fingerprint density at radius 1 is 1.27 bits per heavy atom. The number of nitrogens with zero attached hydrogens (tertiary/aromatic N) is 2. The first-order chi connectivity index (χ1) is 10.2. The van der Waals surface area contributed by atoms with Crippen LogP contribution >= 0.6 is 22.9 Å². The van der Waals surface area contributed by atoms with Gasteiger partial charge in [-0.05, 0) is 39.2 Å². The third-order valence-corrected chi connectivity index (χ3v) is 6.15. The fourth-order valence-electron chi connectivity index (χ4n) is 1.83. The predicted octanol–water partition coefficient (Wildman–Crippen LogP) is 1.48. The number of hydrogen-bond donors (Lipinski definition) is 1. The zero-order valence-corrected chi connectivity index (χ0v) is 15.4. The zero-order valence-electron chi connectivity index (χ0n) is 13.0. The highest BCUT2D eigenvalue weighted by atomic mass is 35.5. The van der Waals surface area contributed by atoms with Crippen molar-refractivity contribution >= 4 is 38.9 Å². The van der Waals surface area contributed by atoms with Crippen molar-refractivity contribution in [1.82, 2.24) is 14.5 Å². The normalized spacial score (nSPS) is 11.9. The molecule has 1 aromatic rings. The van der Waals surface area contributed by atoms with Gasteiger partial charge in [0.25, 0.3) is 0 Å². The molecule has 1 heterocycles. The first-order valence-corrected chi connectivity index (χ1v) is 9.55. The Morgan fingerprint density at radius 3 is 2.45 bits per heavy atom. The Hall–Kier alpha value is -0.670. The largest absolute Gasteiger partial charge is 0.342 e. The second-order valence-electron chi connectivity index (χ2n) is 5.12. The lowest BCUT2D eigenvalue weighted by atomic mass is 10.3. The van der Waals surface area contributed by atoms with E-state index < -0.39 is 10.0 Å². The van der Waals surface area contributed by atoms with E-state index in [-0.39, 0.29) is 16.7 Å². The second kappa shape index (κ2) is 8.83. The van der Waals surface area contributed by atoms with Crippen molar-refractivity contribution in [3.05, 3.63) is 16.5 Å². The Bertz CT molecular complexity index is 587. The van der Waals surface area contributed by atoms with Gasteiger partial charge in [-0.2, -0.15) is 0 Å². The van der Waals surface area contributed by atoms with Crippen LogP contribution in [-0.4, -0.2) is 64.4 Å². The van der Waals surface area contributed by atoms with Crippen molar-refractivity contribution in [2.45, 2.75) is 17.6 Å². The van der Waals surface area contributed by atoms with Crippen molar-refractivity contribution in [1.29, 1.82) is 0 Å². The molecule has 0 aromatic carbocycles. The fraction of sp³-hybridized carbons (Fsp3) is 0.615. The van der Waals surface area contributed by atoms with Crippen LogP contribution < -0.4 is 4.72 Å². The molecular weight excluding hydrogens is 346 g/mol. The number of sulfonamides is 1. The highest BCUT2D eigenvalue weighted by molar-refractivity contribution is 7.91. The van der Waals surface area contributed by atoms with Gasteiger partial charge < -0.3 is 9.80 Å². The van der Waals surface area contributed by atoms with Crippen molar-refractivity contribution in [3.8, 4) is 0 Å². The van der Waals surface area contributed by atoms with Crippen molar-refractivity contribution < 1.29 is 13.2 Å². The first-order valence-electron chi connectivity index (χ1n) is 6.87. The molecule has 0 aliphatic carbocycles. The van der Waals surface area contributed by atoms with Gasteiger partial charge in [0.2, 0.25) is 15.9 Å². The van der Waals surface area contributed by atoms with E-state index in [4.69, 9.17) is 11.6 Å². The lowest BCUT2D eigenvalue weighted by Gasteiger charge is -2.22. The van der Waals surface area contributed by atoms with Crippen LogP contribution in [0.1, 0.15) is 13.3 Å². The molecule has 0 atom stereocenters. The van der Waals surface area contributed by atoms with Crippen LogP contribution in [0.4, 0.5) is 0 Å². The van der Waals surface area contributed by atoms with Crippen LogP contribution in [0.15, 0.2) is 16.3 Å². The molecule has 126 valence electrons. The monoisotopic (exact) mass is 367 g/mol. The first kappa shape index (κ1) is 19.4. The summed E-state index contributed by atoms with van der Waals surface area (Å²) in [5.41, 5.74) is 0. The standard InChI is InChI=1S/C13H22ClN3O3S2/c1-11(18)17(9-4-8-16(2)3)10-7-15-22(19,20)13-6-5-12(14)21-13/h5-6,15H,4,7-10H2,1-3H3. The van der Waals surface area contributed by atoms with E-state index in [9.17, 15) is 13.2 Å². The van der Waals surface area contributed by atoms with Crippen molar-refractivity contribution in [2.75, 3.05) is 40.3 Å². The molecule has 1 aromatic heterocycles. The van der Waals surface area contributed by atoms with Gasteiger partial charge in [-0.3, -0.25) is 4.79 Å². The molecule has 0 aliphatic rings. The van der Waals surface area contributed by atoms with Crippen LogP contribution in [0.2, 0.25) is 4.34 Å². The summed E-state index contributed by atoms with van der Waals surface area (Å²) in [7, 11) is 0.384. The molecule has 1 rings (SSSR count). The molecule has 0 saturated heterocycles. The number of nitrogens with one attached hydrogen (secondary N) is 1. The summed E-state index contributed by atoms with van der Waals surface area (Å²) in [5.74, 6) is -0.0582. The van der Waals surface area contributed by atoms with Crippen LogP contribution in [0.3, 0.4) is 0 Å². The molecule has 1 amide bonds. The van der Waals surface area contributed by atoms with Crippen LogP contribution in [0, 0.1) is 0 Å². The van der Waals surface area contributed by atoms with E-state index in [0.29, 0.717) is 17.4 Å². The van der Waals surface area contributed by atoms with Gasteiger partial charge in [0, 0.05) is 26.6 Å². The summed E-state index contributed by atoms with van der Waals surface area (Å²) in [6.45, 7) is 3.51. The highest BCUT2D eigenvalue weighted by Crippen LogP contribution is 2.25. The lowest BCUT2D eigenvalue weighted by molar-refractivity contribution is -0.128. The average Bonchev–Trinajstić information content (AvgIpc) is 2.83. The fourth-order valence-corrected chi connectivity index (χ4v) is 4.38. The molecule has 0 fully saturated rings. The van der Waals surface area contributed by atoms with E-state index >= 15 is 0 Å². The molecule has 9 heteroatoms. The van der Waals surface area contributed by atoms with Crippen LogP contribution in [-0.2, 0) is 14.8 Å². The van der Waals surface area contributed by atoms with Gasteiger partial charge in [0.05, 0.1) is 4.34 Å². The number of carbonyl (C=O) groups is 1. The number of rotatable bonds is 9. The maximum atomic E-state index is 12.0.